The van der Waals surface area contributed by atoms with E-state index in [4.69, 9.17) is 28.4 Å². The quantitative estimate of drug-likeness (QED) is 0.0199. The van der Waals surface area contributed by atoms with Gasteiger partial charge in [0, 0.05) is 6.42 Å². The van der Waals surface area contributed by atoms with E-state index in [2.05, 4.69) is 43.5 Å². The van der Waals surface area contributed by atoms with Gasteiger partial charge in [0.05, 0.1) is 38.6 Å². The van der Waals surface area contributed by atoms with Crippen molar-refractivity contribution in [3.63, 3.8) is 0 Å². The fourth-order valence-corrected chi connectivity index (χ4v) is 17.0. The van der Waals surface area contributed by atoms with E-state index in [1.165, 1.54) is 366 Å². The minimum atomic E-state index is -1.97. The van der Waals surface area contributed by atoms with E-state index in [1.54, 1.807) is 0 Å². The molecule has 17 atom stereocenters. The van der Waals surface area contributed by atoms with Crippen LogP contribution < -0.4 is 5.32 Å². The summed E-state index contributed by atoms with van der Waals surface area (Å²) < 4.78 is 34.7. The van der Waals surface area contributed by atoms with E-state index in [1.807, 2.05) is 0 Å². The summed E-state index contributed by atoms with van der Waals surface area (Å²) >= 11 is 0. The number of unbranched alkanes of at least 4 members (excludes halogenated alkanes) is 62. The van der Waals surface area contributed by atoms with Crippen molar-refractivity contribution in [1.29, 1.82) is 0 Å². The summed E-state index contributed by atoms with van der Waals surface area (Å²) in [6, 6.07) is -0.887. The minimum Gasteiger partial charge on any atom is -0.394 e. The van der Waals surface area contributed by atoms with Crippen LogP contribution >= 0.6 is 0 Å². The number of nitrogens with one attached hydrogen (secondary N) is 1. The smallest absolute Gasteiger partial charge is 0.220 e. The van der Waals surface area contributed by atoms with E-state index >= 15 is 0 Å². The second-order valence-corrected chi connectivity index (χ2v) is 35.2. The molecular weight excluding hydrogens is 1460 g/mol. The molecule has 12 N–H and O–H groups in total. The van der Waals surface area contributed by atoms with Gasteiger partial charge in [-0.25, -0.2) is 0 Å². The van der Waals surface area contributed by atoms with E-state index in [0.717, 1.165) is 51.4 Å². The summed E-state index contributed by atoms with van der Waals surface area (Å²) in [4.78, 5) is 13.6. The maximum atomic E-state index is 13.6. The number of rotatable bonds is 82. The van der Waals surface area contributed by atoms with Crippen LogP contribution in [0.3, 0.4) is 0 Å². The van der Waals surface area contributed by atoms with Crippen LogP contribution in [0.5, 0.6) is 0 Å². The Kier molecular flexibility index (Phi) is 71.0. The predicted octanol–water partition coefficient (Wildman–Crippen LogP) is 20.0. The molecule has 0 spiro atoms. The molecule has 19 heteroatoms. The molecule has 3 fully saturated rings. The zero-order chi connectivity index (χ0) is 83.1. The van der Waals surface area contributed by atoms with Gasteiger partial charge in [-0.15, -0.1) is 0 Å². The fourth-order valence-electron chi connectivity index (χ4n) is 17.0. The molecule has 680 valence electrons. The molecule has 3 heterocycles. The zero-order valence-corrected chi connectivity index (χ0v) is 73.8. The maximum Gasteiger partial charge on any atom is 0.220 e. The van der Waals surface area contributed by atoms with Gasteiger partial charge in [0.1, 0.15) is 73.2 Å². The van der Waals surface area contributed by atoms with E-state index in [0.29, 0.717) is 12.8 Å². The topological polar surface area (TPSA) is 307 Å². The van der Waals surface area contributed by atoms with Crippen molar-refractivity contribution in [2.75, 3.05) is 26.4 Å². The summed E-state index contributed by atoms with van der Waals surface area (Å²) in [5.41, 5.74) is 0. The molecule has 0 aromatic carbocycles. The normalized spacial score (nSPS) is 24.6. The second-order valence-electron chi connectivity index (χ2n) is 35.2. The highest BCUT2D eigenvalue weighted by molar-refractivity contribution is 5.76. The van der Waals surface area contributed by atoms with Gasteiger partial charge in [0.2, 0.25) is 5.91 Å². The summed E-state index contributed by atoms with van der Waals surface area (Å²) in [6.45, 7) is 1.88. The fraction of sp³-hybridized carbons (Fsp3) is 0.948. The van der Waals surface area contributed by atoms with Crippen molar-refractivity contribution < 1.29 is 89.4 Å². The molecule has 115 heavy (non-hydrogen) atoms. The maximum absolute atomic E-state index is 13.6. The third-order valence-corrected chi connectivity index (χ3v) is 24.8. The standard InChI is InChI=1S/C96H183NO18/c1-3-5-7-9-11-13-15-17-19-21-23-25-27-29-31-33-35-37-38-39-40-42-44-46-48-50-52-54-56-58-60-62-64-66-68-70-72-74-84(102)97-79(80(101)73-71-69-67-65-63-61-59-57-55-53-51-49-47-45-43-41-36-34-32-30-28-26-24-22-20-18-16-14-12-10-8-6-4-2)78-110-94-90(108)87(105)92(82(76-99)112-94)115-96-91(109)88(106)93(83(77-100)113-96)114-95-89(107)86(104)85(103)81(75-98)111-95/h15,17,21,23,79-83,85-96,98-101,103-109H,3-14,16,18-20,22,24-78H2,1-2H3,(H,97,102)/b17-15-,23-21-. The average Bonchev–Trinajstić information content (AvgIpc) is 0.779. The van der Waals surface area contributed by atoms with Crippen LogP contribution in [0.2, 0.25) is 0 Å². The predicted molar refractivity (Wildman–Crippen MR) is 467 cm³/mol. The Morgan fingerprint density at radius 1 is 0.313 bits per heavy atom. The van der Waals surface area contributed by atoms with Gasteiger partial charge in [0.25, 0.3) is 0 Å². The molecule has 3 rings (SSSR count). The molecule has 3 saturated heterocycles. The number of hydrogen-bond donors (Lipinski definition) is 12. The molecule has 3 aliphatic heterocycles. The van der Waals surface area contributed by atoms with Crippen LogP contribution in [0, 0.1) is 0 Å². The summed E-state index contributed by atoms with van der Waals surface area (Å²) in [7, 11) is 0. The molecule has 0 aromatic heterocycles. The Balaban J connectivity index is 1.28. The van der Waals surface area contributed by atoms with E-state index < -0.39 is 124 Å². The first-order valence-electron chi connectivity index (χ1n) is 49.1. The van der Waals surface area contributed by atoms with Crippen molar-refractivity contribution in [2.24, 2.45) is 0 Å². The molecular formula is C96H183NO18. The van der Waals surface area contributed by atoms with Crippen LogP contribution in [0.25, 0.3) is 0 Å². The number of allylic oxidation sites excluding steroid dienone is 4. The second kappa shape index (κ2) is 76.0. The van der Waals surface area contributed by atoms with Crippen molar-refractivity contribution in [3.05, 3.63) is 24.3 Å². The van der Waals surface area contributed by atoms with Crippen LogP contribution in [0.15, 0.2) is 24.3 Å². The third kappa shape index (κ3) is 53.8. The molecule has 17 unspecified atom stereocenters. The average molecular weight is 1640 g/mol. The molecule has 0 aromatic rings. The largest absolute Gasteiger partial charge is 0.394 e. The Morgan fingerprint density at radius 3 is 0.887 bits per heavy atom. The SMILES string of the molecule is CCCCCCC/C=C\C/C=C\CCCCCCCCCCCCCCCCCCCCCCCCCCCC(=O)NC(COC1OC(CO)C(OC2OC(CO)C(OC3OC(CO)C(O)C(O)C3O)C(O)C2O)C(O)C1O)C(O)CCCCCCCCCCCCCCCCCCCCCCCCCCCCCCCCCCC. The lowest BCUT2D eigenvalue weighted by Gasteiger charge is -2.48. The number of aliphatic hydroxyl groups is 11. The number of carbonyl (C=O) groups is 1. The third-order valence-electron chi connectivity index (χ3n) is 24.8. The van der Waals surface area contributed by atoms with Crippen molar-refractivity contribution in [2.45, 2.75) is 555 Å². The zero-order valence-electron chi connectivity index (χ0n) is 73.8. The van der Waals surface area contributed by atoms with Crippen LogP contribution in [-0.4, -0.2) is 193 Å². The number of ether oxygens (including phenoxy) is 6. The number of aliphatic hydroxyl groups excluding tert-OH is 11. The van der Waals surface area contributed by atoms with Crippen molar-refractivity contribution in [3.8, 4) is 0 Å². The van der Waals surface area contributed by atoms with E-state index in [-0.39, 0.29) is 18.9 Å². The molecule has 19 nitrogen and oxygen atoms in total. The monoisotopic (exact) mass is 1640 g/mol. The van der Waals surface area contributed by atoms with E-state index in [9.17, 15) is 61.0 Å². The highest BCUT2D eigenvalue weighted by atomic mass is 16.8. The van der Waals surface area contributed by atoms with Gasteiger partial charge in [-0.2, -0.15) is 0 Å². The van der Waals surface area contributed by atoms with Crippen molar-refractivity contribution in [1.82, 2.24) is 5.32 Å². The molecule has 3 aliphatic rings. The lowest BCUT2D eigenvalue weighted by molar-refractivity contribution is -0.379. The van der Waals surface area contributed by atoms with Gasteiger partial charge in [-0.05, 0) is 44.9 Å². The Morgan fingerprint density at radius 2 is 0.574 bits per heavy atom. The Labute approximate surface area is 702 Å². The Hall–Kier alpha value is -1.73. The van der Waals surface area contributed by atoms with Gasteiger partial charge in [0.15, 0.2) is 18.9 Å². The van der Waals surface area contributed by atoms with Crippen LogP contribution in [0.4, 0.5) is 0 Å². The number of amides is 1. The van der Waals surface area contributed by atoms with Crippen LogP contribution in [-0.2, 0) is 33.2 Å². The summed E-state index contributed by atoms with van der Waals surface area (Å²) in [6.07, 6.45) is 70.3. The first kappa shape index (κ1) is 107. The highest BCUT2D eigenvalue weighted by Gasteiger charge is 2.54. The summed E-state index contributed by atoms with van der Waals surface area (Å²) in [5, 5.41) is 122. The molecule has 1 amide bonds. The number of carbonyl (C=O) groups excluding carboxylic acids is 1. The first-order valence-corrected chi connectivity index (χ1v) is 49.1. The minimum absolute atomic E-state index is 0.232. The first-order chi connectivity index (χ1) is 56.3. The van der Waals surface area contributed by atoms with Crippen LogP contribution in [0.1, 0.15) is 450 Å². The van der Waals surface area contributed by atoms with Gasteiger partial charge in [-0.1, -0.05) is 423 Å². The van der Waals surface area contributed by atoms with Gasteiger partial charge < -0.3 is 89.9 Å². The van der Waals surface area contributed by atoms with Gasteiger partial charge >= 0.3 is 0 Å². The molecule has 0 bridgehead atoms. The molecule has 0 radical (unpaired) electrons. The molecule has 0 aliphatic carbocycles. The van der Waals surface area contributed by atoms with Crippen molar-refractivity contribution >= 4 is 5.91 Å². The lowest BCUT2D eigenvalue weighted by Crippen LogP contribution is -2.66. The summed E-state index contributed by atoms with van der Waals surface area (Å²) in [5.74, 6) is -0.232. The Bertz CT molecular complexity index is 2160. The highest BCUT2D eigenvalue weighted by Crippen LogP contribution is 2.34. The molecule has 0 saturated carbocycles. The lowest BCUT2D eigenvalue weighted by atomic mass is 9.96. The number of hydrogen-bond acceptors (Lipinski definition) is 18. The van der Waals surface area contributed by atoms with Gasteiger partial charge in [-0.3, -0.25) is 4.79 Å².